The van der Waals surface area contributed by atoms with Gasteiger partial charge >= 0.3 is 0 Å². The third-order valence-corrected chi connectivity index (χ3v) is 17.8. The van der Waals surface area contributed by atoms with E-state index < -0.39 is 151 Å². The molecule has 0 unspecified atom stereocenters. The van der Waals surface area contributed by atoms with E-state index >= 15 is 4.79 Å². The molecule has 3 fully saturated rings. The zero-order valence-electron chi connectivity index (χ0n) is 55.5. The first-order chi connectivity index (χ1) is 45.8. The Labute approximate surface area is 565 Å². The van der Waals surface area contributed by atoms with E-state index in [0.29, 0.717) is 93.2 Å². The highest BCUT2D eigenvalue weighted by Crippen LogP contribution is 2.26. The first-order valence-corrected chi connectivity index (χ1v) is 34.6. The standard InChI is InChI=1S/C66H101N17O12S/c1-40(2)36-43(57(87)75-46(56(71)86)29-35-96-3)39-44-20-13-32-81(44)65(95)51(38-42-18-8-5-9-19-42)80-60(90)50(37-41-16-6-4-7-17-41)79-59(89)47(25-27-54(69)84)76-58(88)48(26-28-55(70)85)77-61(91)53-24-15-34-83(53)64(94)49(22-10-11-30-67)78-62(92)52-23-14-33-82(52)63(93)45(68)21-12-31-74-66(72)73/h4-9,16-19,39-40,44-53H,10-15,20-38,67-68H2,1-3H3,(H2,69,84)(H2,70,85)(H2,71,86)(H,75,87)(H,76,88)(H,77,91)(H,78,92)(H,79,89)(H,80,90)(H4,72,73,74)/b43-39+/t44-,45-,46-,47-,48-,49-,50-,51-,52-,53-/m0/s1. The van der Waals surface area contributed by atoms with E-state index in [4.69, 9.17) is 40.1 Å². The molecule has 3 heterocycles. The van der Waals surface area contributed by atoms with Crippen LogP contribution in [0.15, 0.2) is 77.3 Å². The van der Waals surface area contributed by atoms with Crippen LogP contribution in [0.3, 0.4) is 0 Å². The molecule has 12 amide bonds. The maximum Gasteiger partial charge on any atom is 0.247 e. The van der Waals surface area contributed by atoms with Crippen molar-refractivity contribution in [3.63, 3.8) is 0 Å². The zero-order chi connectivity index (χ0) is 70.4. The number of aliphatic imine (C=N–C) groups is 1. The number of rotatable bonds is 40. The number of nitrogens with two attached hydrogens (primary N) is 7. The predicted molar refractivity (Wildman–Crippen MR) is 363 cm³/mol. The van der Waals surface area contributed by atoms with Crippen LogP contribution in [0.1, 0.15) is 134 Å². The molecule has 29 nitrogen and oxygen atoms in total. The van der Waals surface area contributed by atoms with Gasteiger partial charge in [0.25, 0.3) is 0 Å². The van der Waals surface area contributed by atoms with Gasteiger partial charge < -0.3 is 86.7 Å². The lowest BCUT2D eigenvalue weighted by Gasteiger charge is -2.32. The number of thioether (sulfide) groups is 1. The summed E-state index contributed by atoms with van der Waals surface area (Å²) < 4.78 is 0. The van der Waals surface area contributed by atoms with Gasteiger partial charge in [0.05, 0.1) is 12.1 Å². The largest absolute Gasteiger partial charge is 0.370 e. The minimum absolute atomic E-state index is 0.0112. The first kappa shape index (κ1) is 78.1. The Hall–Kier alpha value is -8.64. The van der Waals surface area contributed by atoms with Gasteiger partial charge in [0, 0.05) is 57.4 Å². The highest BCUT2D eigenvalue weighted by atomic mass is 32.2. The van der Waals surface area contributed by atoms with Crippen LogP contribution in [0.5, 0.6) is 0 Å². The van der Waals surface area contributed by atoms with Crippen molar-refractivity contribution >= 4 is 88.6 Å². The molecule has 0 saturated carbocycles. The Morgan fingerprint density at radius 2 is 1.04 bits per heavy atom. The van der Waals surface area contributed by atoms with Crippen molar-refractivity contribution in [2.24, 2.45) is 51.0 Å². The van der Waals surface area contributed by atoms with E-state index in [0.717, 1.165) is 0 Å². The van der Waals surface area contributed by atoms with Gasteiger partial charge in [-0.25, -0.2) is 0 Å². The summed E-state index contributed by atoms with van der Waals surface area (Å²) in [7, 11) is 0. The molecule has 2 aromatic rings. The van der Waals surface area contributed by atoms with Crippen LogP contribution >= 0.6 is 11.8 Å². The lowest BCUT2D eigenvalue weighted by atomic mass is 9.98. The molecular formula is C66H101N17O12S. The topological polar surface area (TPSA) is 481 Å². The van der Waals surface area contributed by atoms with Crippen LogP contribution in [0.4, 0.5) is 0 Å². The van der Waals surface area contributed by atoms with E-state index in [-0.39, 0.29) is 76.6 Å². The fraction of sp³-hybridized carbons (Fsp3) is 0.591. The fourth-order valence-corrected chi connectivity index (χ4v) is 12.6. The van der Waals surface area contributed by atoms with Crippen molar-refractivity contribution < 1.29 is 57.5 Å². The fourth-order valence-electron chi connectivity index (χ4n) is 12.1. The van der Waals surface area contributed by atoms with Crippen molar-refractivity contribution in [2.45, 2.75) is 196 Å². The second kappa shape index (κ2) is 40.0. The minimum atomic E-state index is -1.61. The number of carbonyl (C=O) groups excluding carboxylic acids is 12. The molecule has 30 heteroatoms. The van der Waals surface area contributed by atoms with Gasteiger partial charge in [-0.2, -0.15) is 11.8 Å². The number of hydrogen-bond donors (Lipinski definition) is 13. The van der Waals surface area contributed by atoms with Crippen molar-refractivity contribution in [3.8, 4) is 0 Å². The Morgan fingerprint density at radius 1 is 0.552 bits per heavy atom. The number of nitrogens with one attached hydrogen (secondary N) is 6. The molecule has 0 bridgehead atoms. The summed E-state index contributed by atoms with van der Waals surface area (Å²) in [4.78, 5) is 175. The third kappa shape index (κ3) is 25.2. The number of unbranched alkanes of at least 4 members (excludes halogenated alkanes) is 1. The molecule has 528 valence electrons. The molecular weight excluding hydrogens is 1250 g/mol. The maximum absolute atomic E-state index is 15.1. The average Bonchev–Trinajstić information content (AvgIpc) is 1.58. The highest BCUT2D eigenvalue weighted by Gasteiger charge is 2.43. The summed E-state index contributed by atoms with van der Waals surface area (Å²) >= 11 is 1.51. The number of guanidine groups is 1. The van der Waals surface area contributed by atoms with Gasteiger partial charge in [-0.3, -0.25) is 62.5 Å². The molecule has 3 aliphatic heterocycles. The van der Waals surface area contributed by atoms with Gasteiger partial charge in [-0.15, -0.1) is 0 Å². The minimum Gasteiger partial charge on any atom is -0.370 e. The van der Waals surface area contributed by atoms with Crippen LogP contribution < -0.4 is 72.0 Å². The molecule has 0 aromatic heterocycles. The summed E-state index contributed by atoms with van der Waals surface area (Å²) in [5.74, 6) is -7.97. The molecule has 3 saturated heterocycles. The molecule has 5 rings (SSSR count). The number of amides is 12. The number of likely N-dealkylation sites (tertiary alicyclic amines) is 3. The van der Waals surface area contributed by atoms with Gasteiger partial charge in [0.2, 0.25) is 70.9 Å². The molecule has 0 aliphatic carbocycles. The molecule has 0 spiro atoms. The summed E-state index contributed by atoms with van der Waals surface area (Å²) in [5, 5.41) is 16.5. The number of benzene rings is 2. The van der Waals surface area contributed by atoms with Crippen LogP contribution in [0, 0.1) is 5.92 Å². The van der Waals surface area contributed by atoms with Gasteiger partial charge in [-0.05, 0) is 132 Å². The lowest BCUT2D eigenvalue weighted by molar-refractivity contribution is -0.144. The van der Waals surface area contributed by atoms with Crippen molar-refractivity contribution in [1.82, 2.24) is 46.6 Å². The third-order valence-electron chi connectivity index (χ3n) is 17.1. The second-order valence-electron chi connectivity index (χ2n) is 25.2. The number of primary amides is 3. The smallest absolute Gasteiger partial charge is 0.247 e. The molecule has 20 N–H and O–H groups in total. The zero-order valence-corrected chi connectivity index (χ0v) is 56.3. The summed E-state index contributed by atoms with van der Waals surface area (Å²) in [6, 6.07) is 6.09. The Bertz CT molecular complexity index is 3050. The lowest BCUT2D eigenvalue weighted by Crippen LogP contribution is -2.60. The van der Waals surface area contributed by atoms with E-state index in [1.165, 1.54) is 21.6 Å². The molecule has 3 aliphatic rings. The maximum atomic E-state index is 15.1. The average molecular weight is 1360 g/mol. The monoisotopic (exact) mass is 1360 g/mol. The normalized spacial score (nSPS) is 18.4. The summed E-state index contributed by atoms with van der Waals surface area (Å²) in [6.07, 6.45) is 6.58. The van der Waals surface area contributed by atoms with E-state index in [9.17, 15) is 52.7 Å². The SMILES string of the molecule is CSCC[C@H](NC(=O)/C(=C/[C@@H]1CCCN1C(=O)[C@H](Cc1ccccc1)NC(=O)[C@H](Cc1ccccc1)NC(=O)[C@H](CCC(N)=O)NC(=O)[C@H](CCC(N)=O)NC(=O)[C@@H]1CCCN1C(=O)[C@H](CCCCN)NC(=O)[C@@H]1CCCN1C(=O)[C@@H](N)CCCN=C(N)N)CC(C)C)C(N)=O. The molecule has 0 radical (unpaired) electrons. The van der Waals surface area contributed by atoms with Gasteiger partial charge in [-0.1, -0.05) is 80.6 Å². The van der Waals surface area contributed by atoms with Crippen LogP contribution in [-0.2, 0) is 70.4 Å². The molecule has 96 heavy (non-hydrogen) atoms. The number of hydrogen-bond acceptors (Lipinski definition) is 16. The highest BCUT2D eigenvalue weighted by molar-refractivity contribution is 7.98. The number of carbonyl (C=O) groups is 12. The van der Waals surface area contributed by atoms with Gasteiger partial charge in [0.1, 0.15) is 48.3 Å². The Kier molecular flexibility index (Phi) is 32.6. The molecule has 10 atom stereocenters. The van der Waals surface area contributed by atoms with Crippen molar-refractivity contribution in [3.05, 3.63) is 83.4 Å². The second-order valence-corrected chi connectivity index (χ2v) is 26.1. The Morgan fingerprint density at radius 3 is 1.57 bits per heavy atom. The first-order valence-electron chi connectivity index (χ1n) is 33.2. The Balaban J connectivity index is 1.38. The van der Waals surface area contributed by atoms with E-state index in [1.807, 2.05) is 20.1 Å². The summed E-state index contributed by atoms with van der Waals surface area (Å²) in [6.45, 7) is 5.06. The van der Waals surface area contributed by atoms with Crippen molar-refractivity contribution in [2.75, 3.05) is 44.7 Å². The van der Waals surface area contributed by atoms with E-state index in [1.54, 1.807) is 71.6 Å². The van der Waals surface area contributed by atoms with Crippen LogP contribution in [-0.4, -0.2) is 197 Å². The quantitative estimate of drug-likeness (QED) is 0.0158. The van der Waals surface area contributed by atoms with Crippen molar-refractivity contribution in [1.29, 1.82) is 0 Å². The summed E-state index contributed by atoms with van der Waals surface area (Å²) in [5.41, 5.74) is 41.4. The van der Waals surface area contributed by atoms with Crippen LogP contribution in [0.25, 0.3) is 0 Å². The number of nitrogens with zero attached hydrogens (tertiary/aromatic N) is 4. The predicted octanol–water partition coefficient (Wildman–Crippen LogP) is -1.39. The van der Waals surface area contributed by atoms with Gasteiger partial charge in [0.15, 0.2) is 5.96 Å². The van der Waals surface area contributed by atoms with E-state index in [2.05, 4.69) is 36.9 Å². The molecule has 2 aromatic carbocycles. The van der Waals surface area contributed by atoms with Crippen LogP contribution in [0.2, 0.25) is 0 Å².